The lowest BCUT2D eigenvalue weighted by Gasteiger charge is -2.17. The van der Waals surface area contributed by atoms with Crippen molar-refractivity contribution >= 4 is 23.3 Å². The minimum absolute atomic E-state index is 0.223. The van der Waals surface area contributed by atoms with Crippen LogP contribution in [0.3, 0.4) is 0 Å². The highest BCUT2D eigenvalue weighted by Crippen LogP contribution is 2.26. The molecule has 3 aromatic rings. The molecule has 0 aliphatic heterocycles. The molecule has 29 heavy (non-hydrogen) atoms. The number of rotatable bonds is 7. The molecule has 1 aromatic carbocycles. The number of carbonyl (C=O) groups is 1. The van der Waals surface area contributed by atoms with Crippen LogP contribution in [0.25, 0.3) is 11.1 Å². The van der Waals surface area contributed by atoms with Gasteiger partial charge in [0.2, 0.25) is 0 Å². The van der Waals surface area contributed by atoms with Gasteiger partial charge in [-0.15, -0.1) is 0 Å². The van der Waals surface area contributed by atoms with Gasteiger partial charge in [-0.1, -0.05) is 23.7 Å². The molecule has 2 aromatic heterocycles. The zero-order valence-electron chi connectivity index (χ0n) is 16.8. The van der Waals surface area contributed by atoms with Crippen LogP contribution >= 0.6 is 11.6 Å². The number of nitrogens with one attached hydrogen (secondary N) is 3. The van der Waals surface area contributed by atoms with Gasteiger partial charge in [0, 0.05) is 35.6 Å². The van der Waals surface area contributed by atoms with Crippen molar-refractivity contribution in [2.45, 2.75) is 32.9 Å². The number of aromatic amines is 1. The monoisotopic (exact) mass is 411 g/mol. The van der Waals surface area contributed by atoms with Gasteiger partial charge in [0.05, 0.1) is 6.04 Å². The lowest BCUT2D eigenvalue weighted by atomic mass is 10.0. The fourth-order valence-corrected chi connectivity index (χ4v) is 3.33. The number of H-pyrrole nitrogens is 1. The second-order valence-corrected chi connectivity index (χ2v) is 7.74. The molecule has 0 bridgehead atoms. The van der Waals surface area contributed by atoms with Gasteiger partial charge in [-0.25, -0.2) is 4.98 Å². The first-order chi connectivity index (χ1) is 13.9. The molecule has 6 nitrogen and oxygen atoms in total. The van der Waals surface area contributed by atoms with Crippen molar-refractivity contribution < 1.29 is 4.79 Å². The molecule has 0 spiro atoms. The maximum atomic E-state index is 12.8. The van der Waals surface area contributed by atoms with Crippen molar-refractivity contribution in [3.63, 3.8) is 0 Å². The number of nitrogens with zero attached hydrogens (tertiary/aromatic N) is 1. The number of hydrogen-bond acceptors (Lipinski definition) is 4. The van der Waals surface area contributed by atoms with E-state index < -0.39 is 0 Å². The van der Waals surface area contributed by atoms with E-state index in [9.17, 15) is 4.79 Å². The summed E-state index contributed by atoms with van der Waals surface area (Å²) in [5.74, 6) is 0.580. The first kappa shape index (κ1) is 20.9. The highest BCUT2D eigenvalue weighted by Gasteiger charge is 2.17. The summed E-state index contributed by atoms with van der Waals surface area (Å²) in [6.45, 7) is 6.40. The molecule has 0 fully saturated rings. The number of benzene rings is 1. The van der Waals surface area contributed by atoms with Crippen molar-refractivity contribution in [3.05, 3.63) is 70.6 Å². The zero-order valence-corrected chi connectivity index (χ0v) is 17.5. The second-order valence-electron chi connectivity index (χ2n) is 7.30. The highest BCUT2D eigenvalue weighted by molar-refractivity contribution is 6.30. The van der Waals surface area contributed by atoms with Gasteiger partial charge >= 0.3 is 0 Å². The van der Waals surface area contributed by atoms with Crippen molar-refractivity contribution in [1.29, 1.82) is 0 Å². The quantitative estimate of drug-likeness (QED) is 0.466. The summed E-state index contributed by atoms with van der Waals surface area (Å²) in [7, 11) is 0. The minimum atomic E-state index is -0.322. The molecule has 3 rings (SSSR count). The van der Waals surface area contributed by atoms with Crippen molar-refractivity contribution in [1.82, 2.24) is 15.3 Å². The van der Waals surface area contributed by atoms with E-state index in [1.807, 2.05) is 49.6 Å². The molecule has 2 heterocycles. The first-order valence-corrected chi connectivity index (χ1v) is 9.93. The Morgan fingerprint density at radius 2 is 2.07 bits per heavy atom. The third-order valence-electron chi connectivity index (χ3n) is 4.57. The zero-order chi connectivity index (χ0) is 21.0. The van der Waals surface area contributed by atoms with Gasteiger partial charge < -0.3 is 21.4 Å². The van der Waals surface area contributed by atoms with Crippen LogP contribution in [0.15, 0.2) is 48.8 Å². The second kappa shape index (κ2) is 9.11. The summed E-state index contributed by atoms with van der Waals surface area (Å²) >= 11 is 6.06. The van der Waals surface area contributed by atoms with Gasteiger partial charge in [-0.2, -0.15) is 0 Å². The van der Waals surface area contributed by atoms with Crippen molar-refractivity contribution in [2.75, 3.05) is 11.9 Å². The number of aryl methyl sites for hydroxylation is 1. The van der Waals surface area contributed by atoms with Crippen LogP contribution in [0, 0.1) is 6.92 Å². The highest BCUT2D eigenvalue weighted by atomic mass is 35.5. The summed E-state index contributed by atoms with van der Waals surface area (Å²) in [6.07, 6.45) is 3.66. The maximum absolute atomic E-state index is 12.8. The average molecular weight is 412 g/mol. The molecular weight excluding hydrogens is 386 g/mol. The number of amides is 1. The summed E-state index contributed by atoms with van der Waals surface area (Å²) < 4.78 is 0. The number of aromatic nitrogens is 2. The smallest absolute Gasteiger partial charge is 0.268 e. The Kier molecular flexibility index (Phi) is 6.56. The normalized spacial score (nSPS) is 12.1. The van der Waals surface area contributed by atoms with Crippen molar-refractivity contribution in [3.8, 4) is 11.1 Å². The van der Waals surface area contributed by atoms with E-state index in [4.69, 9.17) is 17.3 Å². The number of hydrogen-bond donors (Lipinski definition) is 4. The van der Waals surface area contributed by atoms with E-state index in [2.05, 4.69) is 34.4 Å². The standard InChI is InChI=1S/C22H26ClN5O/c1-13(2)27-21-9-18(14(3)11-26-21)16-8-19(25-12-16)22(29)28-20(10-24)15-5-4-6-17(23)7-15/h4-9,11-13,20,25H,10,24H2,1-3H3,(H,26,27)(H,28,29)/t20-/m1/s1. The fraction of sp³-hybridized carbons (Fsp3) is 0.273. The van der Waals surface area contributed by atoms with Crippen LogP contribution in [0.5, 0.6) is 0 Å². The Morgan fingerprint density at radius 3 is 2.76 bits per heavy atom. The van der Waals surface area contributed by atoms with Gasteiger partial charge in [0.25, 0.3) is 5.91 Å². The predicted molar refractivity (Wildman–Crippen MR) is 118 cm³/mol. The molecule has 1 atom stereocenters. The van der Waals surface area contributed by atoms with Crippen LogP contribution in [0.1, 0.15) is 41.5 Å². The summed E-state index contributed by atoms with van der Waals surface area (Å²) in [6, 6.07) is 11.1. The van der Waals surface area contributed by atoms with Gasteiger partial charge in [-0.05, 0) is 61.7 Å². The summed E-state index contributed by atoms with van der Waals surface area (Å²) in [5, 5.41) is 6.88. The fourth-order valence-electron chi connectivity index (χ4n) is 3.13. The molecule has 0 aliphatic carbocycles. The molecule has 0 saturated carbocycles. The van der Waals surface area contributed by atoms with Crippen LogP contribution in [0.4, 0.5) is 5.82 Å². The van der Waals surface area contributed by atoms with Crippen LogP contribution in [0.2, 0.25) is 5.02 Å². The van der Waals surface area contributed by atoms with Crippen LogP contribution < -0.4 is 16.4 Å². The number of nitrogens with two attached hydrogens (primary N) is 1. The predicted octanol–water partition coefficient (Wildman–Crippen LogP) is 4.29. The molecule has 0 saturated heterocycles. The van der Waals surface area contributed by atoms with E-state index in [0.717, 1.165) is 28.1 Å². The van der Waals surface area contributed by atoms with Crippen LogP contribution in [-0.4, -0.2) is 28.5 Å². The summed E-state index contributed by atoms with van der Waals surface area (Å²) in [5.41, 5.74) is 10.2. The number of carbonyl (C=O) groups excluding carboxylic acids is 1. The molecule has 152 valence electrons. The Balaban J connectivity index is 1.79. The van der Waals surface area contributed by atoms with Crippen LogP contribution in [-0.2, 0) is 0 Å². The lowest BCUT2D eigenvalue weighted by Crippen LogP contribution is -2.33. The average Bonchev–Trinajstić information content (AvgIpc) is 3.17. The third kappa shape index (κ3) is 5.16. The first-order valence-electron chi connectivity index (χ1n) is 9.55. The van der Waals surface area contributed by atoms with E-state index in [1.165, 1.54) is 0 Å². The van der Waals surface area contributed by atoms with E-state index in [1.54, 1.807) is 6.07 Å². The third-order valence-corrected chi connectivity index (χ3v) is 4.81. The molecule has 7 heteroatoms. The molecule has 0 aliphatic rings. The maximum Gasteiger partial charge on any atom is 0.268 e. The SMILES string of the molecule is Cc1cnc(NC(C)C)cc1-c1c[nH]c(C(=O)N[C@H](CN)c2cccc(Cl)c2)c1. The number of pyridine rings is 1. The number of halogens is 1. The van der Waals surface area contributed by atoms with Gasteiger partial charge in [0.15, 0.2) is 0 Å². The van der Waals surface area contributed by atoms with Gasteiger partial charge in [-0.3, -0.25) is 4.79 Å². The van der Waals surface area contributed by atoms with E-state index in [-0.39, 0.29) is 24.5 Å². The summed E-state index contributed by atoms with van der Waals surface area (Å²) in [4.78, 5) is 20.2. The Morgan fingerprint density at radius 1 is 1.28 bits per heavy atom. The van der Waals surface area contributed by atoms with E-state index in [0.29, 0.717) is 10.7 Å². The lowest BCUT2D eigenvalue weighted by molar-refractivity contribution is 0.0933. The van der Waals surface area contributed by atoms with Crippen molar-refractivity contribution in [2.24, 2.45) is 5.73 Å². The molecular formula is C22H26ClN5O. The molecule has 0 radical (unpaired) electrons. The van der Waals surface area contributed by atoms with E-state index >= 15 is 0 Å². The Bertz CT molecular complexity index is 998. The molecule has 0 unspecified atom stereocenters. The minimum Gasteiger partial charge on any atom is -0.368 e. The topological polar surface area (TPSA) is 95.8 Å². The molecule has 1 amide bonds. The largest absolute Gasteiger partial charge is 0.368 e. The Hall–Kier alpha value is -2.83. The molecule has 5 N–H and O–H groups in total. The Labute approximate surface area is 175 Å². The van der Waals surface area contributed by atoms with Gasteiger partial charge in [0.1, 0.15) is 11.5 Å². The number of anilines is 1.